The summed E-state index contributed by atoms with van der Waals surface area (Å²) in [7, 11) is 0. The summed E-state index contributed by atoms with van der Waals surface area (Å²) < 4.78 is 39.3. The summed E-state index contributed by atoms with van der Waals surface area (Å²) >= 11 is 0. The van der Waals surface area contributed by atoms with Crippen LogP contribution in [0.1, 0.15) is 0 Å². The van der Waals surface area contributed by atoms with Crippen LogP contribution >= 0.6 is 0 Å². The van der Waals surface area contributed by atoms with Gasteiger partial charge in [0.15, 0.2) is 0 Å². The van der Waals surface area contributed by atoms with Gasteiger partial charge in [-0.3, -0.25) is 9.78 Å². The first-order valence-electron chi connectivity index (χ1n) is 4.46. The maximum atomic E-state index is 11.7. The largest absolute Gasteiger partial charge is 0.411 e. The minimum Gasteiger partial charge on any atom is -0.370 e. The van der Waals surface area contributed by atoms with Crippen molar-refractivity contribution in [1.82, 2.24) is 15.2 Å². The van der Waals surface area contributed by atoms with Gasteiger partial charge in [-0.25, -0.2) is 9.89 Å². The summed E-state index contributed by atoms with van der Waals surface area (Å²) in [5, 5.41) is 7.72. The fourth-order valence-corrected chi connectivity index (χ4v) is 0.897. The van der Waals surface area contributed by atoms with Crippen molar-refractivity contribution in [1.29, 1.82) is 0 Å². The van der Waals surface area contributed by atoms with Crippen LogP contribution in [0.25, 0.3) is 0 Å². The van der Waals surface area contributed by atoms with Crippen LogP contribution < -0.4 is 16.6 Å². The fraction of sp³-hybridized carbons (Fsp3) is 0.571. The Balaban J connectivity index is 2.32. The van der Waals surface area contributed by atoms with Gasteiger partial charge < -0.3 is 10.1 Å². The highest BCUT2D eigenvalue weighted by Gasteiger charge is 2.27. The number of ether oxygens (including phenoxy) is 1. The van der Waals surface area contributed by atoms with Crippen molar-refractivity contribution in [3.63, 3.8) is 0 Å². The second kappa shape index (κ2) is 5.48. The average Bonchev–Trinajstić information content (AvgIpc) is 2.18. The number of H-pyrrole nitrogens is 2. The highest BCUT2D eigenvalue weighted by molar-refractivity contribution is 5.28. The van der Waals surface area contributed by atoms with E-state index in [1.165, 1.54) is 0 Å². The van der Waals surface area contributed by atoms with E-state index in [1.807, 2.05) is 10.1 Å². The van der Waals surface area contributed by atoms with Gasteiger partial charge in [-0.15, -0.1) is 5.10 Å². The van der Waals surface area contributed by atoms with Gasteiger partial charge in [0, 0.05) is 6.54 Å². The molecule has 3 N–H and O–H groups in total. The molecule has 0 saturated heterocycles. The van der Waals surface area contributed by atoms with Crippen molar-refractivity contribution in [3.8, 4) is 0 Å². The standard InChI is InChI=1S/C7H9F3N4O3/c8-7(9,10)3-17-2-1-11-4-5(15)12-6(16)14-13-4/h1-3H2,(H,11,13)(H2,12,14,15,16). The maximum Gasteiger partial charge on any atom is 0.411 e. The molecule has 0 aliphatic rings. The van der Waals surface area contributed by atoms with E-state index in [1.54, 1.807) is 0 Å². The lowest BCUT2D eigenvalue weighted by atomic mass is 10.6. The SMILES string of the molecule is O=c1[nH]nc(NCCOCC(F)(F)F)c(=O)[nH]1. The van der Waals surface area contributed by atoms with Crippen LogP contribution in [0.3, 0.4) is 0 Å². The Kier molecular flexibility index (Phi) is 4.26. The molecule has 0 radical (unpaired) electrons. The first kappa shape index (κ1) is 13.2. The first-order valence-corrected chi connectivity index (χ1v) is 4.46. The molecule has 0 aliphatic carbocycles. The van der Waals surface area contributed by atoms with E-state index in [4.69, 9.17) is 0 Å². The zero-order chi connectivity index (χ0) is 12.9. The van der Waals surface area contributed by atoms with E-state index in [-0.39, 0.29) is 19.0 Å². The molecule has 1 rings (SSSR count). The van der Waals surface area contributed by atoms with Crippen molar-refractivity contribution < 1.29 is 17.9 Å². The van der Waals surface area contributed by atoms with Crippen molar-refractivity contribution in [3.05, 3.63) is 20.8 Å². The molecule has 0 amide bonds. The highest BCUT2D eigenvalue weighted by Crippen LogP contribution is 2.13. The number of halogens is 3. The van der Waals surface area contributed by atoms with Gasteiger partial charge in [-0.1, -0.05) is 0 Å². The van der Waals surface area contributed by atoms with Crippen LogP contribution in [0, 0.1) is 0 Å². The number of aromatic nitrogens is 3. The van der Waals surface area contributed by atoms with Crippen LogP contribution in [0.15, 0.2) is 9.59 Å². The molecule has 7 nitrogen and oxygen atoms in total. The molecule has 0 saturated carbocycles. The number of nitrogens with one attached hydrogen (secondary N) is 3. The highest BCUT2D eigenvalue weighted by atomic mass is 19.4. The molecular formula is C7H9F3N4O3. The second-order valence-corrected chi connectivity index (χ2v) is 2.95. The summed E-state index contributed by atoms with van der Waals surface area (Å²) in [6.45, 7) is -1.65. The lowest BCUT2D eigenvalue weighted by Crippen LogP contribution is -2.28. The lowest BCUT2D eigenvalue weighted by molar-refractivity contribution is -0.172. The van der Waals surface area contributed by atoms with Gasteiger partial charge in [-0.2, -0.15) is 13.2 Å². The summed E-state index contributed by atoms with van der Waals surface area (Å²) in [6.07, 6.45) is -4.38. The molecular weight excluding hydrogens is 245 g/mol. The van der Waals surface area contributed by atoms with Crippen molar-refractivity contribution in [2.45, 2.75) is 6.18 Å². The van der Waals surface area contributed by atoms with Crippen molar-refractivity contribution in [2.24, 2.45) is 0 Å². The van der Waals surface area contributed by atoms with Crippen LogP contribution in [-0.4, -0.2) is 41.1 Å². The smallest absolute Gasteiger partial charge is 0.370 e. The van der Waals surface area contributed by atoms with Crippen LogP contribution in [-0.2, 0) is 4.74 Å². The second-order valence-electron chi connectivity index (χ2n) is 2.95. The van der Waals surface area contributed by atoms with Crippen LogP contribution in [0.5, 0.6) is 0 Å². The molecule has 0 spiro atoms. The average molecular weight is 254 g/mol. The van der Waals surface area contributed by atoms with Crippen LogP contribution in [0.2, 0.25) is 0 Å². The van der Waals surface area contributed by atoms with Gasteiger partial charge in [-0.05, 0) is 0 Å². The zero-order valence-electron chi connectivity index (χ0n) is 8.43. The normalized spacial score (nSPS) is 11.5. The van der Waals surface area contributed by atoms with Gasteiger partial charge in [0.2, 0.25) is 5.82 Å². The Morgan fingerprint density at radius 3 is 2.65 bits per heavy atom. The Labute approximate surface area is 92.0 Å². The van der Waals surface area contributed by atoms with Gasteiger partial charge in [0.1, 0.15) is 6.61 Å². The minimum atomic E-state index is -4.38. The molecule has 0 unspecified atom stereocenters. The lowest BCUT2D eigenvalue weighted by Gasteiger charge is -2.07. The monoisotopic (exact) mass is 254 g/mol. The van der Waals surface area contributed by atoms with Gasteiger partial charge in [0.05, 0.1) is 6.61 Å². The Morgan fingerprint density at radius 2 is 2.06 bits per heavy atom. The van der Waals surface area contributed by atoms with Crippen molar-refractivity contribution in [2.75, 3.05) is 25.1 Å². The molecule has 17 heavy (non-hydrogen) atoms. The number of hydrogen-bond donors (Lipinski definition) is 3. The third-order valence-corrected chi connectivity index (χ3v) is 1.52. The third kappa shape index (κ3) is 5.15. The van der Waals surface area contributed by atoms with E-state index >= 15 is 0 Å². The summed E-state index contributed by atoms with van der Waals surface area (Å²) in [5.41, 5.74) is -1.53. The molecule has 0 aromatic carbocycles. The maximum absolute atomic E-state index is 11.7. The van der Waals surface area contributed by atoms with E-state index in [9.17, 15) is 22.8 Å². The fourth-order valence-electron chi connectivity index (χ4n) is 0.897. The van der Waals surface area contributed by atoms with E-state index in [2.05, 4.69) is 15.2 Å². The van der Waals surface area contributed by atoms with Gasteiger partial charge in [0.25, 0.3) is 5.56 Å². The number of alkyl halides is 3. The molecule has 1 aromatic heterocycles. The topological polar surface area (TPSA) is 99.9 Å². The molecule has 0 atom stereocenters. The first-order chi connectivity index (χ1) is 7.88. The number of hydrogen-bond acceptors (Lipinski definition) is 5. The summed E-state index contributed by atoms with van der Waals surface area (Å²) in [6, 6.07) is 0. The molecule has 0 bridgehead atoms. The molecule has 0 aliphatic heterocycles. The predicted molar refractivity (Wildman–Crippen MR) is 50.8 cm³/mol. The number of nitrogens with zero attached hydrogens (tertiary/aromatic N) is 1. The Hall–Kier alpha value is -1.84. The van der Waals surface area contributed by atoms with E-state index in [0.29, 0.717) is 0 Å². The van der Waals surface area contributed by atoms with Gasteiger partial charge >= 0.3 is 11.9 Å². The molecule has 1 heterocycles. The molecule has 10 heteroatoms. The molecule has 96 valence electrons. The number of aromatic amines is 2. The molecule has 0 fully saturated rings. The number of anilines is 1. The quantitative estimate of drug-likeness (QED) is 0.612. The van der Waals surface area contributed by atoms with Crippen LogP contribution in [0.4, 0.5) is 19.0 Å². The van der Waals surface area contributed by atoms with E-state index < -0.39 is 24.0 Å². The summed E-state index contributed by atoms with van der Waals surface area (Å²) in [4.78, 5) is 23.5. The third-order valence-electron chi connectivity index (χ3n) is 1.52. The minimum absolute atomic E-state index is 0.0434. The van der Waals surface area contributed by atoms with Crippen molar-refractivity contribution >= 4 is 5.82 Å². The Bertz CT molecular complexity index is 466. The predicted octanol–water partition coefficient (Wildman–Crippen LogP) is -0.551. The zero-order valence-corrected chi connectivity index (χ0v) is 8.43. The summed E-state index contributed by atoms with van der Waals surface area (Å²) in [5.74, 6) is -0.194. The van der Waals surface area contributed by atoms with E-state index in [0.717, 1.165) is 0 Å². The Morgan fingerprint density at radius 1 is 1.35 bits per heavy atom. The number of rotatable bonds is 5. The molecule has 1 aromatic rings.